The molecule has 2 unspecified atom stereocenters. The molecule has 1 aromatic rings. The highest BCUT2D eigenvalue weighted by atomic mass is 14.9. The van der Waals surface area contributed by atoms with E-state index in [9.17, 15) is 0 Å². The molecule has 2 rings (SSSR count). The second-order valence-electron chi connectivity index (χ2n) is 4.93. The summed E-state index contributed by atoms with van der Waals surface area (Å²) in [6, 6.07) is 5.03. The highest BCUT2D eigenvalue weighted by Crippen LogP contribution is 2.26. The number of nitrogens with zero attached hydrogens (tertiary/aromatic N) is 1. The Morgan fingerprint density at radius 1 is 1.25 bits per heavy atom. The second kappa shape index (κ2) is 6.00. The molecule has 0 aliphatic heterocycles. The van der Waals surface area contributed by atoms with E-state index in [2.05, 4.69) is 29.5 Å². The third kappa shape index (κ3) is 3.31. The zero-order valence-corrected chi connectivity index (χ0v) is 10.2. The van der Waals surface area contributed by atoms with Crippen molar-refractivity contribution in [2.24, 2.45) is 5.92 Å². The molecular weight excluding hydrogens is 196 g/mol. The van der Waals surface area contributed by atoms with E-state index in [0.29, 0.717) is 0 Å². The van der Waals surface area contributed by atoms with Crippen LogP contribution in [-0.2, 0) is 6.42 Å². The van der Waals surface area contributed by atoms with Crippen molar-refractivity contribution < 1.29 is 0 Å². The summed E-state index contributed by atoms with van der Waals surface area (Å²) in [5.41, 5.74) is 1.44. The van der Waals surface area contributed by atoms with Crippen LogP contribution in [0.3, 0.4) is 0 Å². The van der Waals surface area contributed by atoms with Crippen molar-refractivity contribution in [1.82, 2.24) is 10.3 Å². The lowest BCUT2D eigenvalue weighted by Crippen LogP contribution is -2.26. The first kappa shape index (κ1) is 11.6. The first-order valence-corrected chi connectivity index (χ1v) is 6.44. The molecule has 1 saturated carbocycles. The van der Waals surface area contributed by atoms with E-state index >= 15 is 0 Å². The fraction of sp³-hybridized carbons (Fsp3) is 0.643. The van der Waals surface area contributed by atoms with Gasteiger partial charge in [0, 0.05) is 18.4 Å². The molecule has 1 heterocycles. The highest BCUT2D eigenvalue weighted by molar-refractivity contribution is 5.10. The van der Waals surface area contributed by atoms with Gasteiger partial charge in [-0.15, -0.1) is 0 Å². The van der Waals surface area contributed by atoms with Gasteiger partial charge in [0.25, 0.3) is 0 Å². The minimum atomic E-state index is 0.731. The summed E-state index contributed by atoms with van der Waals surface area (Å²) in [5, 5.41) is 3.45. The van der Waals surface area contributed by atoms with E-state index < -0.39 is 0 Å². The van der Waals surface area contributed by atoms with Crippen LogP contribution in [0.15, 0.2) is 24.5 Å². The van der Waals surface area contributed by atoms with E-state index in [4.69, 9.17) is 0 Å². The maximum Gasteiger partial charge on any atom is 0.0270 e. The van der Waals surface area contributed by atoms with E-state index in [-0.39, 0.29) is 0 Å². The fourth-order valence-corrected chi connectivity index (χ4v) is 2.76. The van der Waals surface area contributed by atoms with Crippen LogP contribution in [0.4, 0.5) is 0 Å². The third-order valence-corrected chi connectivity index (χ3v) is 3.71. The van der Waals surface area contributed by atoms with Crippen LogP contribution in [0.2, 0.25) is 0 Å². The lowest BCUT2D eigenvalue weighted by molar-refractivity contribution is 0.400. The Labute approximate surface area is 98.5 Å². The monoisotopic (exact) mass is 218 g/mol. The summed E-state index contributed by atoms with van der Waals surface area (Å²) in [7, 11) is 2.10. The van der Waals surface area contributed by atoms with Gasteiger partial charge >= 0.3 is 0 Å². The first-order chi connectivity index (χ1) is 7.88. The van der Waals surface area contributed by atoms with E-state index in [1.54, 1.807) is 0 Å². The van der Waals surface area contributed by atoms with Gasteiger partial charge in [-0.3, -0.25) is 4.98 Å². The fourth-order valence-electron chi connectivity index (χ4n) is 2.76. The Hall–Kier alpha value is -0.890. The zero-order valence-electron chi connectivity index (χ0n) is 10.2. The SMILES string of the molecule is CNC1CCCCC(Cc2ccncc2)C1. The molecule has 2 nitrogen and oxygen atoms in total. The minimum Gasteiger partial charge on any atom is -0.317 e. The molecule has 1 N–H and O–H groups in total. The average Bonchev–Trinajstić information content (AvgIpc) is 2.55. The maximum atomic E-state index is 4.08. The Balaban J connectivity index is 1.93. The minimum absolute atomic E-state index is 0.731. The van der Waals surface area contributed by atoms with Crippen molar-refractivity contribution in [3.05, 3.63) is 30.1 Å². The van der Waals surface area contributed by atoms with Gasteiger partial charge < -0.3 is 5.32 Å². The molecule has 1 fully saturated rings. The molecule has 88 valence electrons. The lowest BCUT2D eigenvalue weighted by atomic mass is 9.91. The van der Waals surface area contributed by atoms with Crippen LogP contribution >= 0.6 is 0 Å². The van der Waals surface area contributed by atoms with Crippen molar-refractivity contribution in [3.8, 4) is 0 Å². The number of aromatic nitrogens is 1. The Morgan fingerprint density at radius 3 is 2.75 bits per heavy atom. The normalized spacial score (nSPS) is 26.3. The Kier molecular flexibility index (Phi) is 4.34. The summed E-state index contributed by atoms with van der Waals surface area (Å²) in [6.45, 7) is 0. The van der Waals surface area contributed by atoms with Gasteiger partial charge in [0.05, 0.1) is 0 Å². The molecule has 1 aliphatic carbocycles. The number of pyridine rings is 1. The van der Waals surface area contributed by atoms with Crippen molar-refractivity contribution >= 4 is 0 Å². The highest BCUT2D eigenvalue weighted by Gasteiger charge is 2.19. The second-order valence-corrected chi connectivity index (χ2v) is 4.93. The van der Waals surface area contributed by atoms with Gasteiger partial charge in [0.1, 0.15) is 0 Å². The van der Waals surface area contributed by atoms with Crippen LogP contribution in [0.1, 0.15) is 37.7 Å². The standard InChI is InChI=1S/C14H22N2/c1-15-14-5-3-2-4-13(11-14)10-12-6-8-16-9-7-12/h6-9,13-15H,2-5,10-11H2,1H3. The molecule has 1 aliphatic rings. The van der Waals surface area contributed by atoms with Crippen LogP contribution in [-0.4, -0.2) is 18.1 Å². The van der Waals surface area contributed by atoms with Crippen molar-refractivity contribution in [2.75, 3.05) is 7.05 Å². The molecule has 0 spiro atoms. The Morgan fingerprint density at radius 2 is 2.00 bits per heavy atom. The number of hydrogen-bond donors (Lipinski definition) is 1. The predicted octanol–water partition coefficient (Wildman–Crippen LogP) is 2.79. The van der Waals surface area contributed by atoms with Crippen LogP contribution in [0.25, 0.3) is 0 Å². The number of nitrogens with one attached hydrogen (secondary N) is 1. The first-order valence-electron chi connectivity index (χ1n) is 6.44. The van der Waals surface area contributed by atoms with Gasteiger partial charge in [-0.05, 0) is 49.9 Å². The van der Waals surface area contributed by atoms with E-state index in [1.165, 1.54) is 44.1 Å². The summed E-state index contributed by atoms with van der Waals surface area (Å²) in [4.78, 5) is 4.08. The zero-order chi connectivity index (χ0) is 11.2. The van der Waals surface area contributed by atoms with Crippen LogP contribution in [0, 0.1) is 5.92 Å². The smallest absolute Gasteiger partial charge is 0.0270 e. The molecule has 0 bridgehead atoms. The van der Waals surface area contributed by atoms with Gasteiger partial charge in [0.2, 0.25) is 0 Å². The van der Waals surface area contributed by atoms with Crippen molar-refractivity contribution in [2.45, 2.75) is 44.6 Å². The quantitative estimate of drug-likeness (QED) is 0.789. The third-order valence-electron chi connectivity index (χ3n) is 3.71. The molecule has 2 atom stereocenters. The maximum absolute atomic E-state index is 4.08. The lowest BCUT2D eigenvalue weighted by Gasteiger charge is -2.19. The summed E-state index contributed by atoms with van der Waals surface area (Å²) in [5.74, 6) is 0.849. The van der Waals surface area contributed by atoms with Crippen LogP contribution < -0.4 is 5.32 Å². The molecule has 1 aromatic heterocycles. The van der Waals surface area contributed by atoms with Gasteiger partial charge in [-0.2, -0.15) is 0 Å². The molecule has 0 radical (unpaired) electrons. The summed E-state index contributed by atoms with van der Waals surface area (Å²) in [6.07, 6.45) is 11.9. The molecule has 2 heteroatoms. The molecule has 0 amide bonds. The van der Waals surface area contributed by atoms with E-state index in [0.717, 1.165) is 12.0 Å². The predicted molar refractivity (Wildman–Crippen MR) is 67.4 cm³/mol. The average molecular weight is 218 g/mol. The van der Waals surface area contributed by atoms with Gasteiger partial charge in [0.15, 0.2) is 0 Å². The Bertz CT molecular complexity index is 297. The molecule has 0 aromatic carbocycles. The van der Waals surface area contributed by atoms with Gasteiger partial charge in [-0.1, -0.05) is 19.3 Å². The molecular formula is C14H22N2. The summed E-state index contributed by atoms with van der Waals surface area (Å²) < 4.78 is 0. The largest absolute Gasteiger partial charge is 0.317 e. The topological polar surface area (TPSA) is 24.9 Å². The van der Waals surface area contributed by atoms with E-state index in [1.807, 2.05) is 12.4 Å². The number of rotatable bonds is 3. The number of hydrogen-bond acceptors (Lipinski definition) is 2. The summed E-state index contributed by atoms with van der Waals surface area (Å²) >= 11 is 0. The molecule has 0 saturated heterocycles. The molecule has 16 heavy (non-hydrogen) atoms. The van der Waals surface area contributed by atoms with Crippen LogP contribution in [0.5, 0.6) is 0 Å². The van der Waals surface area contributed by atoms with Crippen molar-refractivity contribution in [3.63, 3.8) is 0 Å². The van der Waals surface area contributed by atoms with Crippen molar-refractivity contribution in [1.29, 1.82) is 0 Å². The van der Waals surface area contributed by atoms with Gasteiger partial charge in [-0.25, -0.2) is 0 Å².